The molecule has 2 aliphatic heterocycles. The second-order valence-corrected chi connectivity index (χ2v) is 10.0. The van der Waals surface area contributed by atoms with Crippen LogP contribution in [0.5, 0.6) is 0 Å². The molecule has 1 spiro atoms. The van der Waals surface area contributed by atoms with Gasteiger partial charge >= 0.3 is 0 Å². The van der Waals surface area contributed by atoms with Gasteiger partial charge in [0, 0.05) is 18.3 Å². The van der Waals surface area contributed by atoms with Gasteiger partial charge in [0.2, 0.25) is 0 Å². The van der Waals surface area contributed by atoms with Crippen molar-refractivity contribution in [2.75, 3.05) is 13.2 Å². The molecule has 0 amide bonds. The van der Waals surface area contributed by atoms with Crippen LogP contribution in [0.15, 0.2) is 11.6 Å². The Hall–Kier alpha value is 0.540. The first kappa shape index (κ1) is 36.7. The molecule has 0 unspecified atom stereocenters. The number of allylic oxidation sites excluding steroid dienone is 1. The predicted octanol–water partition coefficient (Wildman–Crippen LogP) is 5.69. The van der Waals surface area contributed by atoms with E-state index in [0.29, 0.717) is 25.0 Å². The number of ether oxygens (including phenoxy) is 3. The van der Waals surface area contributed by atoms with E-state index < -0.39 is 5.60 Å². The molecule has 6 aliphatic rings. The van der Waals surface area contributed by atoms with Crippen LogP contribution in [0.1, 0.15) is 87.5 Å². The van der Waals surface area contributed by atoms with Crippen LogP contribution in [-0.2, 0) is 14.2 Å². The maximum atomic E-state index is 11.3. The second-order valence-electron chi connectivity index (χ2n) is 10.0. The van der Waals surface area contributed by atoms with Gasteiger partial charge in [-0.3, -0.25) is 0 Å². The Bertz CT molecular complexity index is 804. The first-order chi connectivity index (χ1) is 12.9. The van der Waals surface area contributed by atoms with E-state index in [4.69, 9.17) is 14.2 Å². The minimum absolute atomic E-state index is 0. The van der Waals surface area contributed by atoms with Crippen molar-refractivity contribution in [3.05, 3.63) is 11.6 Å². The van der Waals surface area contributed by atoms with Crippen molar-refractivity contribution >= 4 is 54.0 Å². The predicted molar refractivity (Wildman–Crippen MR) is 161 cm³/mol. The molecule has 2 saturated heterocycles. The number of fused-ring (bicyclic) bond motifs is 3. The Kier molecular flexibility index (Phi) is 12.4. The lowest BCUT2D eigenvalue weighted by Gasteiger charge is -2.51. The highest BCUT2D eigenvalue weighted by Crippen LogP contribution is 2.74. The number of aliphatic hydroxyl groups is 1. The normalized spacial score (nSPS) is 43.0. The van der Waals surface area contributed by atoms with Gasteiger partial charge < -0.3 is 19.3 Å². The number of hydrogen-bond acceptors (Lipinski definition) is 4. The van der Waals surface area contributed by atoms with Gasteiger partial charge in [-0.15, -0.1) is 5.92 Å². The number of rotatable bonds is 0. The molecule has 34 heavy (non-hydrogen) atoms. The standard InChI is InChI=1S/C23H30O4.3CH4.4H2S/c1-3-7-20(24)9-6-17-16-4-10-21-15-22(25-13-14-26-22)11-12-23(21,27-21)18(16)5-8-19(17,20)2;;;;;;;/h5,16-17,24H,4,6,8-15H2,1-2H3;3*1H4;4*1H2/t16-,17-,19-,20-,21+,23+;;;;;;;/m0......./s1. The lowest BCUT2D eigenvalue weighted by Crippen LogP contribution is -2.53. The number of epoxide rings is 1. The molecule has 6 atom stereocenters. The Morgan fingerprint density at radius 1 is 0.941 bits per heavy atom. The fourth-order valence-corrected chi connectivity index (χ4v) is 7.76. The first-order valence-corrected chi connectivity index (χ1v) is 10.8. The van der Waals surface area contributed by atoms with Gasteiger partial charge in [-0.05, 0) is 62.9 Å². The maximum Gasteiger partial charge on any atom is 0.171 e. The Labute approximate surface area is 236 Å². The molecule has 2 heterocycles. The zero-order valence-electron chi connectivity index (χ0n) is 18.5. The monoisotopic (exact) mass is 554 g/mol. The largest absolute Gasteiger partial charge is 0.377 e. The lowest BCUT2D eigenvalue weighted by molar-refractivity contribution is -0.185. The van der Waals surface area contributed by atoms with Crippen molar-refractivity contribution in [3.63, 3.8) is 0 Å². The molecule has 0 aromatic carbocycles. The average Bonchev–Trinajstić information content (AvgIpc) is 2.99. The van der Waals surface area contributed by atoms with Crippen LogP contribution < -0.4 is 0 Å². The van der Waals surface area contributed by atoms with Crippen molar-refractivity contribution in [1.82, 2.24) is 0 Å². The van der Waals surface area contributed by atoms with E-state index >= 15 is 0 Å². The van der Waals surface area contributed by atoms with Crippen LogP contribution in [0.4, 0.5) is 0 Å². The van der Waals surface area contributed by atoms with Gasteiger partial charge in [0.15, 0.2) is 5.79 Å². The van der Waals surface area contributed by atoms with Crippen LogP contribution in [0, 0.1) is 29.1 Å². The third-order valence-corrected chi connectivity index (χ3v) is 9.16. The summed E-state index contributed by atoms with van der Waals surface area (Å²) in [5, 5.41) is 11.3. The summed E-state index contributed by atoms with van der Waals surface area (Å²) < 4.78 is 18.7. The van der Waals surface area contributed by atoms with Gasteiger partial charge in [0.05, 0.1) is 13.2 Å². The lowest BCUT2D eigenvalue weighted by atomic mass is 9.53. The fourth-order valence-electron chi connectivity index (χ4n) is 7.76. The maximum absolute atomic E-state index is 11.3. The van der Waals surface area contributed by atoms with Crippen LogP contribution >= 0.6 is 54.0 Å². The minimum atomic E-state index is -0.840. The van der Waals surface area contributed by atoms with Crippen molar-refractivity contribution in [2.45, 2.75) is 110 Å². The Morgan fingerprint density at radius 2 is 1.59 bits per heavy atom. The Morgan fingerprint density at radius 3 is 2.21 bits per heavy atom. The van der Waals surface area contributed by atoms with Crippen molar-refractivity contribution in [1.29, 1.82) is 0 Å². The highest BCUT2D eigenvalue weighted by molar-refractivity contribution is 7.59. The Balaban J connectivity index is 0. The molecule has 6 rings (SSSR count). The van der Waals surface area contributed by atoms with Crippen LogP contribution in [-0.4, -0.2) is 40.9 Å². The van der Waals surface area contributed by atoms with Crippen molar-refractivity contribution < 1.29 is 19.3 Å². The van der Waals surface area contributed by atoms with Gasteiger partial charge in [0.25, 0.3) is 0 Å². The molecule has 0 aromatic heterocycles. The van der Waals surface area contributed by atoms with E-state index in [1.165, 1.54) is 5.57 Å². The summed E-state index contributed by atoms with van der Waals surface area (Å²) >= 11 is 0. The SMILES string of the molecule is C.C.C.CC#C[C@]1(O)CC[C@H]2[C@@H]3CC[C@@]45CC6(CC[C@@]4(O5)C3=CC[C@@]21C)OCCO6.S.S.S.S. The topological polar surface area (TPSA) is 51.2 Å². The highest BCUT2D eigenvalue weighted by atomic mass is 32.1. The molecule has 1 N–H and O–H groups in total. The molecular weight excluding hydrogens is 505 g/mol. The van der Waals surface area contributed by atoms with Crippen molar-refractivity contribution in [2.24, 2.45) is 17.3 Å². The number of hydrogen-bond donors (Lipinski definition) is 1. The summed E-state index contributed by atoms with van der Waals surface area (Å²) in [6.45, 7) is 5.54. The zero-order valence-corrected chi connectivity index (χ0v) is 22.5. The summed E-state index contributed by atoms with van der Waals surface area (Å²) in [4.78, 5) is 0. The molecule has 0 bridgehead atoms. The summed E-state index contributed by atoms with van der Waals surface area (Å²) in [7, 11) is 0. The van der Waals surface area contributed by atoms with Gasteiger partial charge in [-0.2, -0.15) is 54.0 Å². The van der Waals surface area contributed by atoms with Crippen LogP contribution in [0.2, 0.25) is 0 Å². The third kappa shape index (κ3) is 4.32. The van der Waals surface area contributed by atoms with E-state index in [-0.39, 0.29) is 98.7 Å². The zero-order chi connectivity index (χ0) is 18.5. The summed E-state index contributed by atoms with van der Waals surface area (Å²) in [5.41, 5.74) is 0.424. The van der Waals surface area contributed by atoms with E-state index in [1.54, 1.807) is 0 Å². The van der Waals surface area contributed by atoms with E-state index in [2.05, 4.69) is 24.8 Å². The summed E-state index contributed by atoms with van der Waals surface area (Å²) in [6, 6.07) is 0. The van der Waals surface area contributed by atoms with Crippen molar-refractivity contribution in [3.8, 4) is 11.8 Å². The van der Waals surface area contributed by atoms with E-state index in [1.807, 2.05) is 6.92 Å². The van der Waals surface area contributed by atoms with E-state index in [0.717, 1.165) is 51.4 Å². The molecule has 3 saturated carbocycles. The van der Waals surface area contributed by atoms with Crippen LogP contribution in [0.25, 0.3) is 0 Å². The quantitative estimate of drug-likeness (QED) is 0.237. The second kappa shape index (κ2) is 11.5. The molecule has 0 radical (unpaired) electrons. The first-order valence-electron chi connectivity index (χ1n) is 10.8. The van der Waals surface area contributed by atoms with E-state index in [9.17, 15) is 5.11 Å². The molecule has 4 nitrogen and oxygen atoms in total. The third-order valence-electron chi connectivity index (χ3n) is 9.16. The van der Waals surface area contributed by atoms with Gasteiger partial charge in [0.1, 0.15) is 16.8 Å². The average molecular weight is 555 g/mol. The van der Waals surface area contributed by atoms with Gasteiger partial charge in [-0.25, -0.2) is 0 Å². The summed E-state index contributed by atoms with van der Waals surface area (Å²) in [6.07, 6.45) is 10.3. The fraction of sp³-hybridized carbons (Fsp3) is 0.846. The molecule has 5 fully saturated rings. The highest BCUT2D eigenvalue weighted by Gasteiger charge is 2.79. The molecule has 8 heteroatoms. The minimum Gasteiger partial charge on any atom is -0.377 e. The van der Waals surface area contributed by atoms with Gasteiger partial charge in [-0.1, -0.05) is 41.2 Å². The molecule has 202 valence electrons. The summed E-state index contributed by atoms with van der Waals surface area (Å²) in [5.74, 6) is 6.83. The molecule has 0 aromatic rings. The smallest absolute Gasteiger partial charge is 0.171 e. The molecular formula is C26H50O4S4. The van der Waals surface area contributed by atoms with Crippen LogP contribution in [0.3, 0.4) is 0 Å². The molecule has 4 aliphatic carbocycles.